The van der Waals surface area contributed by atoms with E-state index in [2.05, 4.69) is 0 Å². The molecule has 0 aliphatic heterocycles. The van der Waals surface area contributed by atoms with Crippen LogP contribution in [0.4, 0.5) is 0 Å². The molecule has 5 heteroatoms. The van der Waals surface area contributed by atoms with Gasteiger partial charge < -0.3 is 14.6 Å². The SMILES string of the molecule is COc1cccc(/C=C(\C(=O)O)c2ccc(C)c(Cl)c2)c1OC. The second kappa shape index (κ2) is 7.20. The minimum Gasteiger partial charge on any atom is -0.493 e. The van der Waals surface area contributed by atoms with Crippen molar-refractivity contribution in [1.82, 2.24) is 0 Å². The predicted molar refractivity (Wildman–Crippen MR) is 91.2 cm³/mol. The smallest absolute Gasteiger partial charge is 0.336 e. The number of aryl methyl sites for hydroxylation is 1. The summed E-state index contributed by atoms with van der Waals surface area (Å²) in [6, 6.07) is 10.4. The highest BCUT2D eigenvalue weighted by molar-refractivity contribution is 6.32. The average Bonchev–Trinajstić information content (AvgIpc) is 2.54. The largest absolute Gasteiger partial charge is 0.493 e. The molecule has 0 bridgehead atoms. The van der Waals surface area contributed by atoms with Gasteiger partial charge in [-0.2, -0.15) is 0 Å². The van der Waals surface area contributed by atoms with Gasteiger partial charge in [-0.25, -0.2) is 4.79 Å². The molecule has 2 rings (SSSR count). The molecule has 0 aromatic heterocycles. The number of para-hydroxylation sites is 1. The van der Waals surface area contributed by atoms with E-state index in [-0.39, 0.29) is 5.57 Å². The molecule has 2 aromatic carbocycles. The Labute approximate surface area is 139 Å². The lowest BCUT2D eigenvalue weighted by Gasteiger charge is -2.11. The van der Waals surface area contributed by atoms with Crippen molar-refractivity contribution < 1.29 is 19.4 Å². The highest BCUT2D eigenvalue weighted by Crippen LogP contribution is 2.34. The van der Waals surface area contributed by atoms with Crippen LogP contribution in [0.1, 0.15) is 16.7 Å². The van der Waals surface area contributed by atoms with E-state index in [1.807, 2.05) is 6.92 Å². The van der Waals surface area contributed by atoms with E-state index in [1.54, 1.807) is 42.5 Å². The molecule has 0 unspecified atom stereocenters. The lowest BCUT2D eigenvalue weighted by atomic mass is 10.0. The molecule has 4 nitrogen and oxygen atoms in total. The van der Waals surface area contributed by atoms with Gasteiger partial charge in [0.1, 0.15) is 0 Å². The topological polar surface area (TPSA) is 55.8 Å². The Balaban J connectivity index is 2.60. The summed E-state index contributed by atoms with van der Waals surface area (Å²) in [6.07, 6.45) is 1.55. The molecule has 2 aromatic rings. The molecule has 0 saturated heterocycles. The number of hydrogen-bond acceptors (Lipinski definition) is 3. The summed E-state index contributed by atoms with van der Waals surface area (Å²) in [5.74, 6) is -0.0327. The van der Waals surface area contributed by atoms with Gasteiger partial charge in [0.15, 0.2) is 11.5 Å². The van der Waals surface area contributed by atoms with E-state index in [0.717, 1.165) is 5.56 Å². The summed E-state index contributed by atoms with van der Waals surface area (Å²) in [6.45, 7) is 1.86. The standard InChI is InChI=1S/C18H17ClO4/c1-11-7-8-12(10-15(11)19)14(18(20)21)9-13-5-4-6-16(22-2)17(13)23-3/h4-10H,1-3H3,(H,20,21)/b14-9-. The Morgan fingerprint density at radius 3 is 2.48 bits per heavy atom. The first-order chi connectivity index (χ1) is 11.0. The maximum absolute atomic E-state index is 11.7. The lowest BCUT2D eigenvalue weighted by Crippen LogP contribution is -2.01. The summed E-state index contributed by atoms with van der Waals surface area (Å²) in [4.78, 5) is 11.7. The summed E-state index contributed by atoms with van der Waals surface area (Å²) in [5, 5.41) is 10.1. The number of benzene rings is 2. The molecule has 0 spiro atoms. The van der Waals surface area contributed by atoms with Gasteiger partial charge in [-0.3, -0.25) is 0 Å². The minimum atomic E-state index is -1.05. The number of carbonyl (C=O) groups is 1. The molecule has 120 valence electrons. The molecule has 23 heavy (non-hydrogen) atoms. The second-order valence-electron chi connectivity index (χ2n) is 4.91. The fourth-order valence-electron chi connectivity index (χ4n) is 2.21. The molecule has 0 heterocycles. The van der Waals surface area contributed by atoms with Gasteiger partial charge in [0.25, 0.3) is 0 Å². The lowest BCUT2D eigenvalue weighted by molar-refractivity contribution is -0.130. The first-order valence-corrected chi connectivity index (χ1v) is 7.28. The average molecular weight is 333 g/mol. The predicted octanol–water partition coefficient (Wildman–Crippen LogP) is 4.29. The van der Waals surface area contributed by atoms with Crippen LogP contribution in [0.3, 0.4) is 0 Å². The van der Waals surface area contributed by atoms with Crippen LogP contribution in [0.25, 0.3) is 11.6 Å². The summed E-state index contributed by atoms with van der Waals surface area (Å²) in [5.41, 5.74) is 2.15. The van der Waals surface area contributed by atoms with Gasteiger partial charge in [0.05, 0.1) is 19.8 Å². The van der Waals surface area contributed by atoms with E-state index in [4.69, 9.17) is 21.1 Å². The molecule has 0 amide bonds. The maximum Gasteiger partial charge on any atom is 0.336 e. The van der Waals surface area contributed by atoms with Crippen LogP contribution < -0.4 is 9.47 Å². The number of aliphatic carboxylic acids is 1. The highest BCUT2D eigenvalue weighted by Gasteiger charge is 2.15. The van der Waals surface area contributed by atoms with Crippen molar-refractivity contribution in [3.63, 3.8) is 0 Å². The Bertz CT molecular complexity index is 766. The third-order valence-electron chi connectivity index (χ3n) is 3.45. The first kappa shape index (κ1) is 16.9. The number of halogens is 1. The van der Waals surface area contributed by atoms with Crippen LogP contribution in [0.5, 0.6) is 11.5 Å². The van der Waals surface area contributed by atoms with Crippen LogP contribution in [0.15, 0.2) is 36.4 Å². The van der Waals surface area contributed by atoms with Crippen LogP contribution in [0.2, 0.25) is 5.02 Å². The quantitative estimate of drug-likeness (QED) is 0.655. The van der Waals surface area contributed by atoms with Crippen LogP contribution >= 0.6 is 11.6 Å². The molecule has 0 saturated carbocycles. The van der Waals surface area contributed by atoms with Gasteiger partial charge in [0.2, 0.25) is 0 Å². The summed E-state index contributed by atoms with van der Waals surface area (Å²) < 4.78 is 10.6. The third-order valence-corrected chi connectivity index (χ3v) is 3.85. The molecule has 0 radical (unpaired) electrons. The zero-order chi connectivity index (χ0) is 17.0. The normalized spacial score (nSPS) is 11.2. The van der Waals surface area contributed by atoms with Gasteiger partial charge >= 0.3 is 5.97 Å². The molecule has 0 aliphatic carbocycles. The zero-order valence-corrected chi connectivity index (χ0v) is 13.8. The van der Waals surface area contributed by atoms with Crippen molar-refractivity contribution in [1.29, 1.82) is 0 Å². The van der Waals surface area contributed by atoms with Crippen LogP contribution in [0, 0.1) is 6.92 Å². The van der Waals surface area contributed by atoms with Crippen molar-refractivity contribution in [2.24, 2.45) is 0 Å². The van der Waals surface area contributed by atoms with Gasteiger partial charge in [-0.1, -0.05) is 35.9 Å². The Hall–Kier alpha value is -2.46. The number of hydrogen-bond donors (Lipinski definition) is 1. The first-order valence-electron chi connectivity index (χ1n) is 6.90. The number of ether oxygens (including phenoxy) is 2. The molecule has 0 fully saturated rings. The van der Waals surface area contributed by atoms with Crippen LogP contribution in [-0.2, 0) is 4.79 Å². The number of carboxylic acid groups (broad SMARTS) is 1. The van der Waals surface area contributed by atoms with Gasteiger partial charge in [-0.15, -0.1) is 0 Å². The number of carboxylic acids is 1. The molecular formula is C18H17ClO4. The second-order valence-corrected chi connectivity index (χ2v) is 5.32. The van der Waals surface area contributed by atoms with Crippen molar-refractivity contribution in [2.45, 2.75) is 6.92 Å². The van der Waals surface area contributed by atoms with Crippen molar-refractivity contribution in [2.75, 3.05) is 14.2 Å². The monoisotopic (exact) mass is 332 g/mol. The summed E-state index contributed by atoms with van der Waals surface area (Å²) in [7, 11) is 3.04. The fraction of sp³-hybridized carbons (Fsp3) is 0.167. The number of methoxy groups -OCH3 is 2. The Kier molecular flexibility index (Phi) is 5.29. The van der Waals surface area contributed by atoms with E-state index >= 15 is 0 Å². The maximum atomic E-state index is 11.7. The van der Waals surface area contributed by atoms with Crippen molar-refractivity contribution >= 4 is 29.2 Å². The Morgan fingerprint density at radius 2 is 1.91 bits per heavy atom. The van der Waals surface area contributed by atoms with Crippen molar-refractivity contribution in [3.8, 4) is 11.5 Å². The molecule has 1 N–H and O–H groups in total. The van der Waals surface area contributed by atoms with Crippen LogP contribution in [-0.4, -0.2) is 25.3 Å². The Morgan fingerprint density at radius 1 is 1.17 bits per heavy atom. The summed E-state index contributed by atoms with van der Waals surface area (Å²) >= 11 is 6.11. The fourth-order valence-corrected chi connectivity index (χ4v) is 2.39. The highest BCUT2D eigenvalue weighted by atomic mass is 35.5. The van der Waals surface area contributed by atoms with Crippen molar-refractivity contribution in [3.05, 3.63) is 58.1 Å². The van der Waals surface area contributed by atoms with Gasteiger partial charge in [0, 0.05) is 10.6 Å². The minimum absolute atomic E-state index is 0.124. The molecule has 0 aliphatic rings. The zero-order valence-electron chi connectivity index (χ0n) is 13.1. The van der Waals surface area contributed by atoms with Gasteiger partial charge in [-0.05, 0) is 36.3 Å². The molecular weight excluding hydrogens is 316 g/mol. The number of rotatable bonds is 5. The van der Waals surface area contributed by atoms with E-state index < -0.39 is 5.97 Å². The van der Waals surface area contributed by atoms with E-state index in [1.165, 1.54) is 14.2 Å². The van der Waals surface area contributed by atoms with E-state index in [9.17, 15) is 9.90 Å². The molecule has 0 atom stereocenters. The third kappa shape index (κ3) is 3.66. The van der Waals surface area contributed by atoms with E-state index in [0.29, 0.717) is 27.6 Å².